The molecular weight excluding hydrogens is 234 g/mol. The van der Waals surface area contributed by atoms with Crippen molar-refractivity contribution in [3.05, 3.63) is 35.7 Å². The number of anilines is 1. The van der Waals surface area contributed by atoms with Crippen molar-refractivity contribution in [2.24, 2.45) is 0 Å². The molecule has 1 aromatic heterocycles. The van der Waals surface area contributed by atoms with Crippen LogP contribution in [0.3, 0.4) is 0 Å². The van der Waals surface area contributed by atoms with E-state index in [1.54, 1.807) is 0 Å². The molecule has 19 heavy (non-hydrogen) atoms. The van der Waals surface area contributed by atoms with Gasteiger partial charge in [0.2, 0.25) is 0 Å². The van der Waals surface area contributed by atoms with E-state index in [-0.39, 0.29) is 0 Å². The van der Waals surface area contributed by atoms with Gasteiger partial charge in [0.1, 0.15) is 17.3 Å². The van der Waals surface area contributed by atoms with Gasteiger partial charge < -0.3 is 10.3 Å². The normalized spacial score (nSPS) is 14.8. The Balaban J connectivity index is 2.09. The first-order chi connectivity index (χ1) is 9.22. The van der Waals surface area contributed by atoms with E-state index < -0.39 is 0 Å². The Morgan fingerprint density at radius 1 is 1.32 bits per heavy atom. The van der Waals surface area contributed by atoms with Crippen molar-refractivity contribution in [1.29, 1.82) is 0 Å². The van der Waals surface area contributed by atoms with Gasteiger partial charge in [-0.05, 0) is 37.7 Å². The smallest absolute Gasteiger partial charge is 0.131 e. The van der Waals surface area contributed by atoms with Gasteiger partial charge in [0.25, 0.3) is 0 Å². The van der Waals surface area contributed by atoms with Crippen LogP contribution in [-0.2, 0) is 6.54 Å². The minimum Gasteiger partial charge on any atom is -0.383 e. The molecule has 0 bridgehead atoms. The number of nitrogens with two attached hydrogens (primary N) is 1. The van der Waals surface area contributed by atoms with E-state index in [0.717, 1.165) is 30.3 Å². The molecule has 2 aromatic rings. The maximum Gasteiger partial charge on any atom is 0.131 e. The van der Waals surface area contributed by atoms with Gasteiger partial charge in [-0.15, -0.1) is 0 Å². The van der Waals surface area contributed by atoms with Crippen LogP contribution in [0.1, 0.15) is 43.5 Å². The minimum absolute atomic E-state index is 0.715. The molecule has 0 unspecified atom stereocenters. The lowest BCUT2D eigenvalue weighted by Gasteiger charge is -2.08. The van der Waals surface area contributed by atoms with Crippen molar-refractivity contribution in [3.63, 3.8) is 0 Å². The fraction of sp³-hybridized carbons (Fsp3) is 0.438. The standard InChI is InChI=1S/C16H21N3/c1-3-10-19-11(2)18-15(16(19)17)14-7-5-4-6-13(14)12-8-9-12/h4-7,12H,3,8-10,17H2,1-2H3. The van der Waals surface area contributed by atoms with Gasteiger partial charge in [-0.25, -0.2) is 4.98 Å². The second-order valence-electron chi connectivity index (χ2n) is 5.41. The van der Waals surface area contributed by atoms with Crippen LogP contribution in [0.25, 0.3) is 11.3 Å². The van der Waals surface area contributed by atoms with E-state index in [0.29, 0.717) is 5.92 Å². The number of aromatic nitrogens is 2. The summed E-state index contributed by atoms with van der Waals surface area (Å²) in [6.45, 7) is 5.14. The number of nitrogen functional groups attached to an aromatic ring is 1. The van der Waals surface area contributed by atoms with Crippen LogP contribution >= 0.6 is 0 Å². The molecule has 1 aliphatic carbocycles. The summed E-state index contributed by atoms with van der Waals surface area (Å²) in [5, 5.41) is 0. The second-order valence-corrected chi connectivity index (χ2v) is 5.41. The molecule has 0 saturated heterocycles. The van der Waals surface area contributed by atoms with Crippen LogP contribution in [0.2, 0.25) is 0 Å². The third-order valence-electron chi connectivity index (χ3n) is 3.88. The highest BCUT2D eigenvalue weighted by Crippen LogP contribution is 2.45. The first kappa shape index (κ1) is 12.3. The lowest BCUT2D eigenvalue weighted by atomic mass is 10.0. The Kier molecular flexibility index (Phi) is 3.05. The molecule has 0 atom stereocenters. The van der Waals surface area contributed by atoms with E-state index in [4.69, 9.17) is 10.7 Å². The zero-order chi connectivity index (χ0) is 13.4. The van der Waals surface area contributed by atoms with Crippen molar-refractivity contribution >= 4 is 5.82 Å². The molecule has 3 heteroatoms. The molecule has 100 valence electrons. The molecule has 2 N–H and O–H groups in total. The molecule has 1 aliphatic rings. The summed E-state index contributed by atoms with van der Waals surface area (Å²) in [6, 6.07) is 8.57. The first-order valence-corrected chi connectivity index (χ1v) is 7.14. The molecule has 3 nitrogen and oxygen atoms in total. The molecule has 3 rings (SSSR count). The van der Waals surface area contributed by atoms with Crippen molar-refractivity contribution in [2.45, 2.75) is 45.6 Å². The number of hydrogen-bond donors (Lipinski definition) is 1. The molecule has 0 aliphatic heterocycles. The highest BCUT2D eigenvalue weighted by Gasteiger charge is 2.27. The van der Waals surface area contributed by atoms with E-state index in [2.05, 4.69) is 35.8 Å². The van der Waals surface area contributed by atoms with Crippen LogP contribution in [0.15, 0.2) is 24.3 Å². The first-order valence-electron chi connectivity index (χ1n) is 7.14. The van der Waals surface area contributed by atoms with E-state index in [9.17, 15) is 0 Å². The lowest BCUT2D eigenvalue weighted by molar-refractivity contribution is 0.665. The Hall–Kier alpha value is -1.77. The molecule has 0 radical (unpaired) electrons. The Bertz CT molecular complexity index is 594. The number of benzene rings is 1. The number of rotatable bonds is 4. The predicted molar refractivity (Wildman–Crippen MR) is 79.1 cm³/mol. The Morgan fingerprint density at radius 2 is 2.05 bits per heavy atom. The molecule has 1 aromatic carbocycles. The molecular formula is C16H21N3. The van der Waals surface area contributed by atoms with E-state index in [1.165, 1.54) is 24.0 Å². The summed E-state index contributed by atoms with van der Waals surface area (Å²) >= 11 is 0. The van der Waals surface area contributed by atoms with Gasteiger partial charge in [-0.3, -0.25) is 0 Å². The van der Waals surface area contributed by atoms with Crippen molar-refractivity contribution in [1.82, 2.24) is 9.55 Å². The third-order valence-corrected chi connectivity index (χ3v) is 3.88. The van der Waals surface area contributed by atoms with Crippen molar-refractivity contribution in [2.75, 3.05) is 5.73 Å². The summed E-state index contributed by atoms with van der Waals surface area (Å²) in [4.78, 5) is 4.71. The van der Waals surface area contributed by atoms with E-state index in [1.807, 2.05) is 6.92 Å². The minimum atomic E-state index is 0.715. The van der Waals surface area contributed by atoms with Crippen LogP contribution in [0.4, 0.5) is 5.82 Å². The predicted octanol–water partition coefficient (Wildman–Crippen LogP) is 3.73. The van der Waals surface area contributed by atoms with Crippen LogP contribution in [0.5, 0.6) is 0 Å². The molecule has 1 fully saturated rings. The SMILES string of the molecule is CCCn1c(C)nc(-c2ccccc2C2CC2)c1N. The number of aryl methyl sites for hydroxylation is 1. The number of nitrogens with zero attached hydrogens (tertiary/aromatic N) is 2. The lowest BCUT2D eigenvalue weighted by Crippen LogP contribution is -2.04. The topological polar surface area (TPSA) is 43.8 Å². The Morgan fingerprint density at radius 3 is 2.74 bits per heavy atom. The van der Waals surface area contributed by atoms with Crippen molar-refractivity contribution in [3.8, 4) is 11.3 Å². The molecule has 0 spiro atoms. The fourth-order valence-electron chi connectivity index (χ4n) is 2.75. The highest BCUT2D eigenvalue weighted by molar-refractivity contribution is 5.74. The van der Waals surface area contributed by atoms with Crippen LogP contribution in [0, 0.1) is 6.92 Å². The van der Waals surface area contributed by atoms with Gasteiger partial charge in [0, 0.05) is 12.1 Å². The van der Waals surface area contributed by atoms with Crippen molar-refractivity contribution < 1.29 is 0 Å². The van der Waals surface area contributed by atoms with Gasteiger partial charge in [-0.1, -0.05) is 31.2 Å². The molecule has 1 saturated carbocycles. The zero-order valence-corrected chi connectivity index (χ0v) is 11.7. The zero-order valence-electron chi connectivity index (χ0n) is 11.7. The monoisotopic (exact) mass is 255 g/mol. The second kappa shape index (κ2) is 4.72. The largest absolute Gasteiger partial charge is 0.383 e. The van der Waals surface area contributed by atoms with E-state index >= 15 is 0 Å². The van der Waals surface area contributed by atoms with Gasteiger partial charge >= 0.3 is 0 Å². The summed E-state index contributed by atoms with van der Waals surface area (Å²) < 4.78 is 2.12. The highest BCUT2D eigenvalue weighted by atomic mass is 15.1. The quantitative estimate of drug-likeness (QED) is 0.904. The third kappa shape index (κ3) is 2.14. The average Bonchev–Trinajstić information content (AvgIpc) is 3.22. The van der Waals surface area contributed by atoms with Crippen LogP contribution in [-0.4, -0.2) is 9.55 Å². The van der Waals surface area contributed by atoms with Crippen LogP contribution < -0.4 is 5.73 Å². The summed E-state index contributed by atoms with van der Waals surface area (Å²) in [7, 11) is 0. The summed E-state index contributed by atoms with van der Waals surface area (Å²) in [6.07, 6.45) is 3.67. The van der Waals surface area contributed by atoms with Gasteiger partial charge in [0.05, 0.1) is 0 Å². The molecule has 0 amide bonds. The molecule has 1 heterocycles. The summed E-state index contributed by atoms with van der Waals surface area (Å²) in [5.74, 6) is 2.54. The Labute approximate surface area is 114 Å². The maximum atomic E-state index is 6.31. The summed E-state index contributed by atoms with van der Waals surface area (Å²) in [5.41, 5.74) is 9.91. The number of imidazole rings is 1. The van der Waals surface area contributed by atoms with Gasteiger partial charge in [-0.2, -0.15) is 0 Å². The average molecular weight is 255 g/mol. The fourth-order valence-corrected chi connectivity index (χ4v) is 2.75. The van der Waals surface area contributed by atoms with Gasteiger partial charge in [0.15, 0.2) is 0 Å². The maximum absolute atomic E-state index is 6.31. The number of hydrogen-bond acceptors (Lipinski definition) is 2.